The average Bonchev–Trinajstić information content (AvgIpc) is 3.08. The number of ether oxygens (including phenoxy) is 1. The SMILES string of the molecule is Cc1ccccc1OCC#CCNC(=O)c1cc(-c2ccc(F)cc2)nn1C. The molecule has 1 heterocycles. The van der Waals surface area contributed by atoms with Crippen LogP contribution < -0.4 is 10.1 Å². The molecular weight excluding hydrogens is 357 g/mol. The quantitative estimate of drug-likeness (QED) is 0.694. The van der Waals surface area contributed by atoms with Crippen molar-refractivity contribution in [1.29, 1.82) is 0 Å². The standard InChI is InChI=1S/C22H20FN3O2/c1-16-7-3-4-8-21(16)28-14-6-5-13-24-22(27)20-15-19(25-26(20)2)17-9-11-18(23)12-10-17/h3-4,7-12,15H,13-14H2,1-2H3,(H,24,27). The lowest BCUT2D eigenvalue weighted by Gasteiger charge is -2.04. The zero-order valence-corrected chi connectivity index (χ0v) is 15.7. The molecule has 0 aliphatic heterocycles. The van der Waals surface area contributed by atoms with Crippen LogP contribution in [0.15, 0.2) is 54.6 Å². The van der Waals surface area contributed by atoms with Crippen molar-refractivity contribution in [2.75, 3.05) is 13.2 Å². The molecule has 28 heavy (non-hydrogen) atoms. The molecule has 0 saturated heterocycles. The number of nitrogens with one attached hydrogen (secondary N) is 1. The molecule has 5 nitrogen and oxygen atoms in total. The molecule has 142 valence electrons. The van der Waals surface area contributed by atoms with Crippen LogP contribution in [-0.2, 0) is 7.05 Å². The van der Waals surface area contributed by atoms with E-state index in [0.29, 0.717) is 11.4 Å². The van der Waals surface area contributed by atoms with Crippen LogP contribution in [0.1, 0.15) is 16.1 Å². The molecule has 1 aromatic heterocycles. The molecule has 0 aliphatic rings. The molecule has 0 bridgehead atoms. The second-order valence-corrected chi connectivity index (χ2v) is 6.14. The maximum atomic E-state index is 13.0. The van der Waals surface area contributed by atoms with Crippen molar-refractivity contribution in [3.63, 3.8) is 0 Å². The summed E-state index contributed by atoms with van der Waals surface area (Å²) in [5.74, 6) is 5.93. The number of aryl methyl sites for hydroxylation is 2. The molecule has 0 radical (unpaired) electrons. The molecule has 2 aromatic carbocycles. The summed E-state index contributed by atoms with van der Waals surface area (Å²) in [4.78, 5) is 12.3. The van der Waals surface area contributed by atoms with Gasteiger partial charge in [-0.25, -0.2) is 4.39 Å². The van der Waals surface area contributed by atoms with Crippen molar-refractivity contribution in [2.45, 2.75) is 6.92 Å². The Kier molecular flexibility index (Phi) is 6.07. The van der Waals surface area contributed by atoms with E-state index < -0.39 is 0 Å². The number of aromatic nitrogens is 2. The topological polar surface area (TPSA) is 56.1 Å². The molecule has 1 N–H and O–H groups in total. The largest absolute Gasteiger partial charge is 0.481 e. The van der Waals surface area contributed by atoms with E-state index in [4.69, 9.17) is 4.74 Å². The van der Waals surface area contributed by atoms with E-state index in [2.05, 4.69) is 22.3 Å². The zero-order valence-electron chi connectivity index (χ0n) is 15.7. The summed E-state index contributed by atoms with van der Waals surface area (Å²) < 4.78 is 20.1. The Bertz CT molecular complexity index is 1030. The third kappa shape index (κ3) is 4.77. The third-order valence-electron chi connectivity index (χ3n) is 4.11. The first-order chi connectivity index (χ1) is 13.5. The average molecular weight is 377 g/mol. The summed E-state index contributed by atoms with van der Waals surface area (Å²) in [5.41, 5.74) is 2.79. The smallest absolute Gasteiger partial charge is 0.270 e. The van der Waals surface area contributed by atoms with Gasteiger partial charge in [0.25, 0.3) is 5.91 Å². The number of para-hydroxylation sites is 1. The lowest BCUT2D eigenvalue weighted by atomic mass is 10.1. The normalized spacial score (nSPS) is 10.1. The first-order valence-corrected chi connectivity index (χ1v) is 8.77. The first-order valence-electron chi connectivity index (χ1n) is 8.77. The van der Waals surface area contributed by atoms with Crippen molar-refractivity contribution < 1.29 is 13.9 Å². The number of halogens is 1. The Morgan fingerprint density at radius 2 is 1.93 bits per heavy atom. The number of nitrogens with zero attached hydrogens (tertiary/aromatic N) is 2. The molecule has 0 aliphatic carbocycles. The Hall–Kier alpha value is -3.59. The van der Waals surface area contributed by atoms with Crippen molar-refractivity contribution in [2.24, 2.45) is 7.05 Å². The van der Waals surface area contributed by atoms with E-state index >= 15 is 0 Å². The molecule has 3 rings (SSSR count). The molecule has 6 heteroatoms. The number of hydrogen-bond donors (Lipinski definition) is 1. The number of rotatable bonds is 5. The Labute approximate surface area is 163 Å². The fourth-order valence-corrected chi connectivity index (χ4v) is 2.60. The molecule has 0 atom stereocenters. The van der Waals surface area contributed by atoms with Crippen molar-refractivity contribution in [3.8, 4) is 28.8 Å². The summed E-state index contributed by atoms with van der Waals surface area (Å²) in [6.07, 6.45) is 0. The summed E-state index contributed by atoms with van der Waals surface area (Å²) in [7, 11) is 1.68. The van der Waals surface area contributed by atoms with Crippen LogP contribution in [0, 0.1) is 24.6 Å². The lowest BCUT2D eigenvalue weighted by Crippen LogP contribution is -2.25. The summed E-state index contributed by atoms with van der Waals surface area (Å²) in [6.45, 7) is 2.42. The van der Waals surface area contributed by atoms with Gasteiger partial charge < -0.3 is 10.1 Å². The second-order valence-electron chi connectivity index (χ2n) is 6.14. The highest BCUT2D eigenvalue weighted by Gasteiger charge is 2.13. The van der Waals surface area contributed by atoms with Gasteiger partial charge in [0.2, 0.25) is 0 Å². The van der Waals surface area contributed by atoms with Crippen LogP contribution >= 0.6 is 0 Å². The minimum absolute atomic E-state index is 0.201. The number of carbonyl (C=O) groups excluding carboxylic acids is 1. The van der Waals surface area contributed by atoms with Crippen LogP contribution in [0.3, 0.4) is 0 Å². The molecule has 0 saturated carbocycles. The molecule has 0 fully saturated rings. The van der Waals surface area contributed by atoms with Gasteiger partial charge in [-0.1, -0.05) is 30.0 Å². The van der Waals surface area contributed by atoms with Crippen molar-refractivity contribution in [1.82, 2.24) is 15.1 Å². The third-order valence-corrected chi connectivity index (χ3v) is 4.11. The highest BCUT2D eigenvalue weighted by Crippen LogP contribution is 2.19. The Morgan fingerprint density at radius 3 is 2.68 bits per heavy atom. The van der Waals surface area contributed by atoms with Gasteiger partial charge in [0.15, 0.2) is 0 Å². The van der Waals surface area contributed by atoms with Gasteiger partial charge in [-0.15, -0.1) is 0 Å². The zero-order chi connectivity index (χ0) is 19.9. The van der Waals surface area contributed by atoms with Crippen LogP contribution in [-0.4, -0.2) is 28.8 Å². The molecule has 0 unspecified atom stereocenters. The molecule has 3 aromatic rings. The monoisotopic (exact) mass is 377 g/mol. The lowest BCUT2D eigenvalue weighted by molar-refractivity contribution is 0.0949. The minimum Gasteiger partial charge on any atom is -0.481 e. The number of hydrogen-bond acceptors (Lipinski definition) is 3. The van der Waals surface area contributed by atoms with Gasteiger partial charge in [0.05, 0.1) is 12.2 Å². The van der Waals surface area contributed by atoms with E-state index in [9.17, 15) is 9.18 Å². The van der Waals surface area contributed by atoms with Gasteiger partial charge in [-0.05, 0) is 48.9 Å². The van der Waals surface area contributed by atoms with Gasteiger partial charge in [0, 0.05) is 12.6 Å². The molecule has 0 spiro atoms. The Morgan fingerprint density at radius 1 is 1.18 bits per heavy atom. The maximum Gasteiger partial charge on any atom is 0.270 e. The van der Waals surface area contributed by atoms with Gasteiger partial charge in [-0.3, -0.25) is 9.48 Å². The van der Waals surface area contributed by atoms with Crippen LogP contribution in [0.5, 0.6) is 5.75 Å². The van der Waals surface area contributed by atoms with E-state index in [1.54, 1.807) is 25.2 Å². The van der Waals surface area contributed by atoms with E-state index in [0.717, 1.165) is 16.9 Å². The highest BCUT2D eigenvalue weighted by atomic mass is 19.1. The van der Waals surface area contributed by atoms with E-state index in [-0.39, 0.29) is 24.9 Å². The van der Waals surface area contributed by atoms with Crippen molar-refractivity contribution >= 4 is 5.91 Å². The predicted molar refractivity (Wildman–Crippen MR) is 105 cm³/mol. The minimum atomic E-state index is -0.317. The summed E-state index contributed by atoms with van der Waals surface area (Å²) >= 11 is 0. The van der Waals surface area contributed by atoms with Crippen LogP contribution in [0.4, 0.5) is 4.39 Å². The van der Waals surface area contributed by atoms with E-state index in [1.807, 2.05) is 31.2 Å². The maximum absolute atomic E-state index is 13.0. The molecule has 1 amide bonds. The fraction of sp³-hybridized carbons (Fsp3) is 0.182. The first kappa shape index (κ1) is 19.2. The van der Waals surface area contributed by atoms with Crippen LogP contribution in [0.25, 0.3) is 11.3 Å². The number of benzene rings is 2. The fourth-order valence-electron chi connectivity index (χ4n) is 2.60. The predicted octanol–water partition coefficient (Wildman–Crippen LogP) is 3.35. The van der Waals surface area contributed by atoms with Crippen LogP contribution in [0.2, 0.25) is 0 Å². The van der Waals surface area contributed by atoms with Gasteiger partial charge >= 0.3 is 0 Å². The highest BCUT2D eigenvalue weighted by molar-refractivity contribution is 5.93. The van der Waals surface area contributed by atoms with Gasteiger partial charge in [-0.2, -0.15) is 5.10 Å². The second kappa shape index (κ2) is 8.87. The number of carbonyl (C=O) groups is 1. The Balaban J connectivity index is 1.53. The van der Waals surface area contributed by atoms with Crippen molar-refractivity contribution in [3.05, 3.63) is 71.7 Å². The van der Waals surface area contributed by atoms with E-state index in [1.165, 1.54) is 16.8 Å². The van der Waals surface area contributed by atoms with Gasteiger partial charge in [0.1, 0.15) is 23.9 Å². The number of amides is 1. The summed E-state index contributed by atoms with van der Waals surface area (Å²) in [5, 5.41) is 7.04. The summed E-state index contributed by atoms with van der Waals surface area (Å²) in [6, 6.07) is 15.3. The molecular formula is C22H20FN3O2.